The predicted octanol–water partition coefficient (Wildman–Crippen LogP) is 5.63. The lowest BCUT2D eigenvalue weighted by Gasteiger charge is -2.47. The Morgan fingerprint density at radius 1 is 1.21 bits per heavy atom. The average Bonchev–Trinajstić information content (AvgIpc) is 3.44. The SMILES string of the molecule is CC(F)(CC(=O)N1CCCC2C(C(=O)O)CCCC21)c1c[nH]c2cccc(-c3ccc(F)o3)c12. The number of carboxylic acid groups (broad SMARTS) is 1. The van der Waals surface area contributed by atoms with Crippen molar-refractivity contribution in [2.45, 2.75) is 57.2 Å². The largest absolute Gasteiger partial charge is 0.481 e. The van der Waals surface area contributed by atoms with Crippen molar-refractivity contribution in [2.75, 3.05) is 6.54 Å². The molecule has 1 saturated carbocycles. The van der Waals surface area contributed by atoms with Crippen molar-refractivity contribution < 1.29 is 27.9 Å². The monoisotopic (exact) mass is 470 g/mol. The molecule has 3 aromatic rings. The van der Waals surface area contributed by atoms with Gasteiger partial charge < -0.3 is 19.4 Å². The standard InChI is InChI=1S/C26H28F2N2O4/c1-26(28,13-23(31)30-12-4-7-15-16(25(32)33)5-3-9-20(15)30)18-14-29-19-8-2-6-17(24(18)19)21-10-11-22(27)34-21/h2,6,8,10-11,14-16,20,29H,3-5,7,9,12-13H2,1H3,(H,32,33). The van der Waals surface area contributed by atoms with Crippen molar-refractivity contribution in [1.29, 1.82) is 0 Å². The average molecular weight is 471 g/mol. The number of carboxylic acids is 1. The molecule has 5 rings (SSSR count). The number of likely N-dealkylation sites (tertiary alicyclic amines) is 1. The number of nitrogens with zero attached hydrogens (tertiary/aromatic N) is 1. The molecule has 2 fully saturated rings. The number of rotatable bonds is 5. The van der Waals surface area contributed by atoms with E-state index in [2.05, 4.69) is 4.98 Å². The van der Waals surface area contributed by atoms with Gasteiger partial charge in [-0.3, -0.25) is 9.59 Å². The molecule has 4 atom stereocenters. The maximum absolute atomic E-state index is 16.3. The fraction of sp³-hybridized carbons (Fsp3) is 0.462. The Kier molecular flexibility index (Phi) is 5.70. The Morgan fingerprint density at radius 2 is 2.03 bits per heavy atom. The summed E-state index contributed by atoms with van der Waals surface area (Å²) < 4.78 is 34.9. The predicted molar refractivity (Wildman–Crippen MR) is 122 cm³/mol. The molecule has 1 aliphatic carbocycles. The van der Waals surface area contributed by atoms with Crippen LogP contribution in [-0.2, 0) is 15.3 Å². The first-order chi connectivity index (χ1) is 16.3. The number of piperidine rings is 1. The number of furan rings is 1. The summed E-state index contributed by atoms with van der Waals surface area (Å²) in [4.78, 5) is 29.9. The molecule has 4 unspecified atom stereocenters. The highest BCUT2D eigenvalue weighted by molar-refractivity contribution is 5.97. The number of amides is 1. The smallest absolute Gasteiger partial charge is 0.306 e. The van der Waals surface area contributed by atoms with E-state index in [1.54, 1.807) is 29.3 Å². The lowest BCUT2D eigenvalue weighted by Crippen LogP contribution is -2.53. The van der Waals surface area contributed by atoms with Crippen LogP contribution < -0.4 is 0 Å². The summed E-state index contributed by atoms with van der Waals surface area (Å²) >= 11 is 0. The number of hydrogen-bond acceptors (Lipinski definition) is 3. The third-order valence-electron chi connectivity index (χ3n) is 7.59. The van der Waals surface area contributed by atoms with E-state index in [9.17, 15) is 19.1 Å². The second kappa shape index (κ2) is 8.56. The molecule has 1 aromatic carbocycles. The highest BCUT2D eigenvalue weighted by Gasteiger charge is 2.45. The van der Waals surface area contributed by atoms with Gasteiger partial charge in [-0.1, -0.05) is 18.6 Å². The van der Waals surface area contributed by atoms with Gasteiger partial charge in [0.15, 0.2) is 0 Å². The van der Waals surface area contributed by atoms with Crippen LogP contribution in [0.25, 0.3) is 22.2 Å². The maximum Gasteiger partial charge on any atom is 0.306 e. The minimum atomic E-state index is -2.00. The van der Waals surface area contributed by atoms with Gasteiger partial charge in [0, 0.05) is 46.9 Å². The van der Waals surface area contributed by atoms with Crippen molar-refractivity contribution in [3.8, 4) is 11.3 Å². The molecule has 180 valence electrons. The van der Waals surface area contributed by atoms with Crippen molar-refractivity contribution in [3.05, 3.63) is 48.1 Å². The van der Waals surface area contributed by atoms with Crippen LogP contribution in [-0.4, -0.2) is 39.5 Å². The molecule has 1 saturated heterocycles. The normalized spacial score (nSPS) is 24.6. The van der Waals surface area contributed by atoms with Crippen LogP contribution in [0.1, 0.15) is 51.0 Å². The number of fused-ring (bicyclic) bond motifs is 2. The number of benzene rings is 1. The van der Waals surface area contributed by atoms with E-state index in [1.165, 1.54) is 19.1 Å². The summed E-state index contributed by atoms with van der Waals surface area (Å²) in [5, 5.41) is 10.2. The van der Waals surface area contributed by atoms with Crippen LogP contribution in [0.3, 0.4) is 0 Å². The summed E-state index contributed by atoms with van der Waals surface area (Å²) in [5.41, 5.74) is -0.479. The van der Waals surface area contributed by atoms with Gasteiger partial charge in [0.25, 0.3) is 6.01 Å². The molecule has 3 heterocycles. The van der Waals surface area contributed by atoms with Crippen molar-refractivity contribution in [3.63, 3.8) is 0 Å². The molecule has 1 amide bonds. The summed E-state index contributed by atoms with van der Waals surface area (Å²) in [7, 11) is 0. The van der Waals surface area contributed by atoms with E-state index in [0.717, 1.165) is 25.7 Å². The second-order valence-electron chi connectivity index (χ2n) is 9.74. The van der Waals surface area contributed by atoms with Crippen LogP contribution in [0.2, 0.25) is 0 Å². The van der Waals surface area contributed by atoms with Crippen molar-refractivity contribution >= 4 is 22.8 Å². The first kappa shape index (κ1) is 22.6. The van der Waals surface area contributed by atoms with Crippen LogP contribution >= 0.6 is 0 Å². The quantitative estimate of drug-likeness (QED) is 0.506. The molecule has 0 spiro atoms. The number of aromatic nitrogens is 1. The third kappa shape index (κ3) is 3.89. The molecule has 0 bridgehead atoms. The second-order valence-corrected chi connectivity index (χ2v) is 9.74. The molecule has 2 N–H and O–H groups in total. The molecule has 8 heteroatoms. The Morgan fingerprint density at radius 3 is 2.76 bits per heavy atom. The number of halogens is 2. The van der Waals surface area contributed by atoms with E-state index < -0.39 is 23.6 Å². The summed E-state index contributed by atoms with van der Waals surface area (Å²) in [5.74, 6) is -1.35. The Labute approximate surface area is 195 Å². The number of alkyl halides is 1. The molecule has 2 aromatic heterocycles. The highest BCUT2D eigenvalue weighted by atomic mass is 19.1. The number of aliphatic carboxylic acids is 1. The number of aromatic amines is 1. The van der Waals surface area contributed by atoms with Crippen molar-refractivity contribution in [1.82, 2.24) is 9.88 Å². The summed E-state index contributed by atoms with van der Waals surface area (Å²) in [6, 6.07) is 7.12. The van der Waals surface area contributed by atoms with Crippen LogP contribution in [0, 0.1) is 17.8 Å². The fourth-order valence-electron chi connectivity index (χ4n) is 6.04. The van der Waals surface area contributed by atoms with Gasteiger partial charge in [0.05, 0.1) is 12.3 Å². The Bertz CT molecular complexity index is 1230. The van der Waals surface area contributed by atoms with Crippen molar-refractivity contribution in [2.24, 2.45) is 11.8 Å². The van der Waals surface area contributed by atoms with E-state index in [1.807, 2.05) is 0 Å². The zero-order valence-electron chi connectivity index (χ0n) is 19.0. The van der Waals surface area contributed by atoms with Gasteiger partial charge in [-0.2, -0.15) is 4.39 Å². The summed E-state index contributed by atoms with van der Waals surface area (Å²) in [6.07, 6.45) is 4.84. The van der Waals surface area contributed by atoms with Crippen LogP contribution in [0.15, 0.2) is 40.9 Å². The molecule has 34 heavy (non-hydrogen) atoms. The van der Waals surface area contributed by atoms with Crippen LogP contribution in [0.5, 0.6) is 0 Å². The molecule has 0 radical (unpaired) electrons. The van der Waals surface area contributed by atoms with Gasteiger partial charge in [-0.05, 0) is 50.7 Å². The zero-order chi connectivity index (χ0) is 24.0. The minimum absolute atomic E-state index is 0.0802. The fourth-order valence-corrected chi connectivity index (χ4v) is 6.04. The minimum Gasteiger partial charge on any atom is -0.481 e. The number of hydrogen-bond donors (Lipinski definition) is 2. The first-order valence-corrected chi connectivity index (χ1v) is 11.8. The lowest BCUT2D eigenvalue weighted by atomic mass is 9.71. The zero-order valence-corrected chi connectivity index (χ0v) is 19.0. The maximum atomic E-state index is 16.3. The van der Waals surface area contributed by atoms with E-state index in [4.69, 9.17) is 4.42 Å². The van der Waals surface area contributed by atoms with Crippen LogP contribution in [0.4, 0.5) is 8.78 Å². The molecule has 2 aliphatic rings. The topological polar surface area (TPSA) is 86.5 Å². The molecular formula is C26H28F2N2O4. The van der Waals surface area contributed by atoms with Gasteiger partial charge >= 0.3 is 5.97 Å². The number of carbonyl (C=O) groups excluding carboxylic acids is 1. The van der Waals surface area contributed by atoms with Gasteiger partial charge in [-0.15, -0.1) is 0 Å². The summed E-state index contributed by atoms with van der Waals surface area (Å²) in [6.45, 7) is 1.91. The number of H-pyrrole nitrogens is 1. The Balaban J connectivity index is 1.44. The van der Waals surface area contributed by atoms with Gasteiger partial charge in [0.2, 0.25) is 5.91 Å². The molecule has 6 nitrogen and oxygen atoms in total. The molecule has 1 aliphatic heterocycles. The van der Waals surface area contributed by atoms with E-state index >= 15 is 4.39 Å². The third-order valence-corrected chi connectivity index (χ3v) is 7.59. The highest BCUT2D eigenvalue weighted by Crippen LogP contribution is 2.43. The number of nitrogens with one attached hydrogen (secondary N) is 1. The molecular weight excluding hydrogens is 442 g/mol. The Hall–Kier alpha value is -3.16. The first-order valence-electron chi connectivity index (χ1n) is 11.8. The van der Waals surface area contributed by atoms with Gasteiger partial charge in [-0.25, -0.2) is 4.39 Å². The van der Waals surface area contributed by atoms with E-state index in [0.29, 0.717) is 35.0 Å². The number of carbonyl (C=O) groups is 2. The lowest BCUT2D eigenvalue weighted by molar-refractivity contribution is -0.152. The van der Waals surface area contributed by atoms with Gasteiger partial charge in [0.1, 0.15) is 11.4 Å². The van der Waals surface area contributed by atoms with E-state index in [-0.39, 0.29) is 30.0 Å².